The van der Waals surface area contributed by atoms with E-state index in [1.807, 2.05) is 6.92 Å². The minimum Gasteiger partial charge on any atom is -0.474 e. The van der Waals surface area contributed by atoms with Crippen molar-refractivity contribution in [1.29, 1.82) is 0 Å². The third kappa shape index (κ3) is 4.01. The van der Waals surface area contributed by atoms with Gasteiger partial charge in [-0.15, -0.1) is 0 Å². The number of rotatable bonds is 5. The highest BCUT2D eigenvalue weighted by Gasteiger charge is 2.49. The zero-order chi connectivity index (χ0) is 17.5. The van der Waals surface area contributed by atoms with E-state index in [2.05, 4.69) is 45.8 Å². The predicted molar refractivity (Wildman–Crippen MR) is 94.7 cm³/mol. The molecule has 1 aliphatic rings. The van der Waals surface area contributed by atoms with Crippen LogP contribution in [-0.4, -0.2) is 31.3 Å². The average Bonchev–Trinajstić information content (AvgIpc) is 2.35. The van der Waals surface area contributed by atoms with Crippen LogP contribution in [0.2, 0.25) is 18.1 Å². The summed E-state index contributed by atoms with van der Waals surface area (Å²) < 4.78 is 12.5. The summed E-state index contributed by atoms with van der Waals surface area (Å²) in [5.41, 5.74) is 1.22. The Morgan fingerprint density at radius 2 is 1.91 bits per heavy atom. The van der Waals surface area contributed by atoms with Crippen molar-refractivity contribution < 1.29 is 14.0 Å². The van der Waals surface area contributed by atoms with Gasteiger partial charge in [0.05, 0.1) is 11.3 Å². The van der Waals surface area contributed by atoms with E-state index in [1.54, 1.807) is 12.1 Å². The molecule has 1 fully saturated rings. The molecule has 1 heterocycles. The van der Waals surface area contributed by atoms with Crippen LogP contribution in [0.25, 0.3) is 0 Å². The molecular formula is C18H29NO3Si. The number of hydrogen-bond donors (Lipinski definition) is 0. The molecule has 23 heavy (non-hydrogen) atoms. The van der Waals surface area contributed by atoms with Gasteiger partial charge in [0.25, 0.3) is 0 Å². The van der Waals surface area contributed by atoms with Gasteiger partial charge in [-0.05, 0) is 38.0 Å². The van der Waals surface area contributed by atoms with Crippen LogP contribution in [0.15, 0.2) is 12.1 Å². The molecule has 0 N–H and O–H groups in total. The Labute approximate surface area is 140 Å². The first-order chi connectivity index (χ1) is 10.5. The van der Waals surface area contributed by atoms with Crippen LogP contribution in [0.3, 0.4) is 0 Å². The smallest absolute Gasteiger partial charge is 0.213 e. The van der Waals surface area contributed by atoms with Crippen molar-refractivity contribution in [3.63, 3.8) is 0 Å². The largest absolute Gasteiger partial charge is 0.474 e. The van der Waals surface area contributed by atoms with Crippen molar-refractivity contribution in [3.05, 3.63) is 23.4 Å². The van der Waals surface area contributed by atoms with Crippen LogP contribution in [0.1, 0.15) is 56.6 Å². The van der Waals surface area contributed by atoms with E-state index in [0.717, 1.165) is 19.1 Å². The zero-order valence-electron chi connectivity index (χ0n) is 15.4. The second-order valence-electron chi connectivity index (χ2n) is 8.40. The fourth-order valence-electron chi connectivity index (χ4n) is 2.75. The van der Waals surface area contributed by atoms with Crippen LogP contribution >= 0.6 is 0 Å². The first-order valence-corrected chi connectivity index (χ1v) is 11.2. The van der Waals surface area contributed by atoms with E-state index in [9.17, 15) is 4.79 Å². The second-order valence-corrected chi connectivity index (χ2v) is 13.1. The molecule has 0 bridgehead atoms. The van der Waals surface area contributed by atoms with Gasteiger partial charge in [-0.2, -0.15) is 0 Å². The minimum absolute atomic E-state index is 0.0918. The molecule has 1 aromatic heterocycles. The summed E-state index contributed by atoms with van der Waals surface area (Å²) in [5, 5.41) is 0.214. The van der Waals surface area contributed by atoms with E-state index < -0.39 is 8.32 Å². The van der Waals surface area contributed by atoms with Crippen LogP contribution in [0.5, 0.6) is 5.88 Å². The maximum absolute atomic E-state index is 10.8. The maximum Gasteiger partial charge on any atom is 0.213 e. The highest BCUT2D eigenvalue weighted by molar-refractivity contribution is 6.74. The molecule has 0 aliphatic heterocycles. The molecule has 0 saturated heterocycles. The number of aromatic nitrogens is 1. The Morgan fingerprint density at radius 1 is 1.30 bits per heavy atom. The number of aldehydes is 1. The van der Waals surface area contributed by atoms with Crippen LogP contribution < -0.4 is 4.74 Å². The predicted octanol–water partition coefficient (Wildman–Crippen LogP) is 4.52. The molecule has 0 spiro atoms. The minimum atomic E-state index is -1.76. The highest BCUT2D eigenvalue weighted by Crippen LogP contribution is 2.45. The number of nitrogens with zero attached hydrogens (tertiary/aromatic N) is 1. The standard InChI is InChI=1S/C18H29NO3Si/c1-13-14(12-20)8-9-16(19-13)21-15-10-18(5,11-15)22-23(6,7)17(2,3)4/h8-9,12,15H,10-11H2,1-7H3. The summed E-state index contributed by atoms with van der Waals surface area (Å²) in [6, 6.07) is 3.52. The Morgan fingerprint density at radius 3 is 2.39 bits per heavy atom. The SMILES string of the molecule is Cc1nc(OC2CC(C)(O[Si](C)(C)C(C)(C)C)C2)ccc1C=O. The topological polar surface area (TPSA) is 48.4 Å². The van der Waals surface area contributed by atoms with Gasteiger partial charge in [0.15, 0.2) is 14.6 Å². The monoisotopic (exact) mass is 335 g/mol. The number of ether oxygens (including phenoxy) is 1. The Hall–Kier alpha value is -1.20. The molecule has 1 saturated carbocycles. The van der Waals surface area contributed by atoms with E-state index in [0.29, 0.717) is 17.1 Å². The summed E-state index contributed by atoms with van der Waals surface area (Å²) in [5.74, 6) is 0.590. The molecule has 0 aromatic carbocycles. The lowest BCUT2D eigenvalue weighted by molar-refractivity contribution is -0.0802. The van der Waals surface area contributed by atoms with Crippen LogP contribution in [0, 0.1) is 6.92 Å². The lowest BCUT2D eigenvalue weighted by Crippen LogP contribution is -2.57. The van der Waals surface area contributed by atoms with E-state index >= 15 is 0 Å². The highest BCUT2D eigenvalue weighted by atomic mass is 28.4. The fourth-order valence-corrected chi connectivity index (χ4v) is 4.45. The van der Waals surface area contributed by atoms with Crippen LogP contribution in [0.4, 0.5) is 0 Å². The molecule has 0 radical (unpaired) electrons. The van der Waals surface area contributed by atoms with Crippen molar-refractivity contribution in [2.75, 3.05) is 0 Å². The molecule has 0 atom stereocenters. The molecule has 128 valence electrons. The van der Waals surface area contributed by atoms with Gasteiger partial charge in [-0.1, -0.05) is 20.8 Å². The molecule has 1 aliphatic carbocycles. The Kier molecular flexibility index (Phi) is 4.75. The first kappa shape index (κ1) is 18.1. The summed E-state index contributed by atoms with van der Waals surface area (Å²) in [6.45, 7) is 15.4. The summed E-state index contributed by atoms with van der Waals surface area (Å²) in [6.07, 6.45) is 2.73. The summed E-state index contributed by atoms with van der Waals surface area (Å²) in [7, 11) is -1.76. The number of aryl methyl sites for hydroxylation is 1. The van der Waals surface area contributed by atoms with Crippen molar-refractivity contribution >= 4 is 14.6 Å². The normalized spacial score (nSPS) is 24.9. The summed E-state index contributed by atoms with van der Waals surface area (Å²) in [4.78, 5) is 15.2. The fraction of sp³-hybridized carbons (Fsp3) is 0.667. The third-order valence-electron chi connectivity index (χ3n) is 5.14. The first-order valence-electron chi connectivity index (χ1n) is 8.25. The third-order valence-corrected chi connectivity index (χ3v) is 9.76. The number of hydrogen-bond acceptors (Lipinski definition) is 4. The van der Waals surface area contributed by atoms with Gasteiger partial charge in [0.2, 0.25) is 5.88 Å². The van der Waals surface area contributed by atoms with Gasteiger partial charge in [-0.25, -0.2) is 4.98 Å². The lowest BCUT2D eigenvalue weighted by atomic mass is 9.79. The van der Waals surface area contributed by atoms with Gasteiger partial charge in [0, 0.05) is 24.5 Å². The Bertz CT molecular complexity index is 586. The Balaban J connectivity index is 1.94. The molecule has 5 heteroatoms. The average molecular weight is 336 g/mol. The zero-order valence-corrected chi connectivity index (χ0v) is 16.4. The molecule has 4 nitrogen and oxygen atoms in total. The summed E-state index contributed by atoms with van der Waals surface area (Å²) >= 11 is 0. The second kappa shape index (κ2) is 6.02. The molecule has 2 rings (SSSR count). The van der Waals surface area contributed by atoms with E-state index in [1.165, 1.54) is 0 Å². The van der Waals surface area contributed by atoms with E-state index in [-0.39, 0.29) is 16.7 Å². The molecule has 1 aromatic rings. The van der Waals surface area contributed by atoms with Crippen molar-refractivity contribution in [1.82, 2.24) is 4.98 Å². The molecule has 0 amide bonds. The van der Waals surface area contributed by atoms with Crippen molar-refractivity contribution in [3.8, 4) is 5.88 Å². The lowest BCUT2D eigenvalue weighted by Gasteiger charge is -2.51. The van der Waals surface area contributed by atoms with Gasteiger partial charge >= 0.3 is 0 Å². The number of carbonyl (C=O) groups excluding carboxylic acids is 1. The molecule has 0 unspecified atom stereocenters. The van der Waals surface area contributed by atoms with Crippen molar-refractivity contribution in [2.45, 2.75) is 77.3 Å². The van der Waals surface area contributed by atoms with Crippen molar-refractivity contribution in [2.24, 2.45) is 0 Å². The van der Waals surface area contributed by atoms with E-state index in [4.69, 9.17) is 9.16 Å². The quantitative estimate of drug-likeness (QED) is 0.586. The maximum atomic E-state index is 10.8. The van der Waals surface area contributed by atoms with Gasteiger partial charge in [-0.3, -0.25) is 4.79 Å². The number of pyridine rings is 1. The van der Waals surface area contributed by atoms with Gasteiger partial charge in [0.1, 0.15) is 6.10 Å². The van der Waals surface area contributed by atoms with Gasteiger partial charge < -0.3 is 9.16 Å². The number of carbonyl (C=O) groups is 1. The van der Waals surface area contributed by atoms with Crippen LogP contribution in [-0.2, 0) is 4.43 Å². The molecular weight excluding hydrogens is 306 g/mol.